The molecule has 1 heterocycles. The van der Waals surface area contributed by atoms with Gasteiger partial charge in [0.1, 0.15) is 5.75 Å². The molecule has 0 radical (unpaired) electrons. The Morgan fingerprint density at radius 3 is 2.53 bits per heavy atom. The quantitative estimate of drug-likeness (QED) is 0.814. The van der Waals surface area contributed by atoms with Crippen molar-refractivity contribution in [2.24, 2.45) is 0 Å². The van der Waals surface area contributed by atoms with Gasteiger partial charge in [-0.15, -0.1) is 13.2 Å². The maximum absolute atomic E-state index is 12.2. The van der Waals surface area contributed by atoms with Crippen LogP contribution in [0.4, 0.5) is 13.2 Å². The Kier molecular flexibility index (Phi) is 2.74. The molecule has 1 aromatic carbocycles. The normalized spacial score (nSPS) is 11.5. The number of aryl methyl sites for hydroxylation is 1. The Hall–Kier alpha value is -2.05. The number of hydrogen-bond donors (Lipinski definition) is 0. The number of halogens is 3. The molecule has 0 spiro atoms. The van der Waals surface area contributed by atoms with Crippen LogP contribution in [0.5, 0.6) is 5.75 Å². The Labute approximate surface area is 94.0 Å². The standard InChI is InChI=1S/C10H7F3N2O2/c1-6-14-9(17-15-6)7-4-2-3-5-8(7)16-10(11,12)13/h2-5H,1H3. The highest BCUT2D eigenvalue weighted by Gasteiger charge is 2.32. The highest BCUT2D eigenvalue weighted by atomic mass is 19.4. The van der Waals surface area contributed by atoms with E-state index in [-0.39, 0.29) is 17.2 Å². The minimum atomic E-state index is -4.76. The van der Waals surface area contributed by atoms with Crippen molar-refractivity contribution in [2.45, 2.75) is 13.3 Å². The molecule has 0 unspecified atom stereocenters. The van der Waals surface area contributed by atoms with E-state index in [1.807, 2.05) is 0 Å². The average molecular weight is 244 g/mol. The Bertz CT molecular complexity index is 522. The van der Waals surface area contributed by atoms with Gasteiger partial charge in [0.2, 0.25) is 0 Å². The summed E-state index contributed by atoms with van der Waals surface area (Å²) in [6, 6.07) is 5.57. The molecule has 0 aliphatic rings. The smallest absolute Gasteiger partial charge is 0.405 e. The summed E-state index contributed by atoms with van der Waals surface area (Å²) in [5, 5.41) is 3.51. The van der Waals surface area contributed by atoms with Gasteiger partial charge in [0, 0.05) is 0 Å². The summed E-state index contributed by atoms with van der Waals surface area (Å²) in [4.78, 5) is 3.85. The SMILES string of the molecule is Cc1noc(-c2ccccc2OC(F)(F)F)n1. The van der Waals surface area contributed by atoms with E-state index < -0.39 is 6.36 Å². The molecule has 0 bridgehead atoms. The second kappa shape index (κ2) is 4.08. The number of alkyl halides is 3. The third-order valence-electron chi connectivity index (χ3n) is 1.87. The van der Waals surface area contributed by atoms with E-state index in [2.05, 4.69) is 14.9 Å². The molecule has 0 saturated carbocycles. The van der Waals surface area contributed by atoms with Gasteiger partial charge in [0.15, 0.2) is 5.82 Å². The van der Waals surface area contributed by atoms with Gasteiger partial charge in [-0.3, -0.25) is 0 Å². The van der Waals surface area contributed by atoms with Crippen molar-refractivity contribution in [1.29, 1.82) is 0 Å². The van der Waals surface area contributed by atoms with Crippen LogP contribution in [0.2, 0.25) is 0 Å². The maximum atomic E-state index is 12.2. The zero-order chi connectivity index (χ0) is 12.5. The Morgan fingerprint density at radius 1 is 1.24 bits per heavy atom. The van der Waals surface area contributed by atoms with Crippen molar-refractivity contribution in [2.75, 3.05) is 0 Å². The van der Waals surface area contributed by atoms with E-state index in [4.69, 9.17) is 4.52 Å². The van der Waals surface area contributed by atoms with Crippen molar-refractivity contribution in [3.63, 3.8) is 0 Å². The summed E-state index contributed by atoms with van der Waals surface area (Å²) < 4.78 is 45.1. The first-order valence-corrected chi connectivity index (χ1v) is 4.61. The summed E-state index contributed by atoms with van der Waals surface area (Å²) >= 11 is 0. The van der Waals surface area contributed by atoms with Crippen LogP contribution in [0.15, 0.2) is 28.8 Å². The summed E-state index contributed by atoms with van der Waals surface area (Å²) in [6.45, 7) is 1.57. The zero-order valence-corrected chi connectivity index (χ0v) is 8.65. The van der Waals surface area contributed by atoms with Crippen molar-refractivity contribution < 1.29 is 22.4 Å². The second-order valence-electron chi connectivity index (χ2n) is 3.19. The molecule has 0 aliphatic heterocycles. The molecule has 0 amide bonds. The zero-order valence-electron chi connectivity index (χ0n) is 8.65. The third-order valence-corrected chi connectivity index (χ3v) is 1.87. The van der Waals surface area contributed by atoms with Crippen LogP contribution in [0.1, 0.15) is 5.82 Å². The fraction of sp³-hybridized carbons (Fsp3) is 0.200. The molecule has 17 heavy (non-hydrogen) atoms. The van der Waals surface area contributed by atoms with Crippen LogP contribution in [-0.4, -0.2) is 16.5 Å². The lowest BCUT2D eigenvalue weighted by atomic mass is 10.2. The van der Waals surface area contributed by atoms with Gasteiger partial charge in [0.25, 0.3) is 5.89 Å². The summed E-state index contributed by atoms with van der Waals surface area (Å²) in [6.07, 6.45) is -4.76. The lowest BCUT2D eigenvalue weighted by Crippen LogP contribution is -2.17. The van der Waals surface area contributed by atoms with Crippen molar-refractivity contribution >= 4 is 0 Å². The molecule has 0 fully saturated rings. The Morgan fingerprint density at radius 2 is 1.94 bits per heavy atom. The molecule has 0 aliphatic carbocycles. The van der Waals surface area contributed by atoms with Crippen LogP contribution in [-0.2, 0) is 0 Å². The van der Waals surface area contributed by atoms with Gasteiger partial charge >= 0.3 is 6.36 Å². The number of benzene rings is 1. The van der Waals surface area contributed by atoms with Crippen LogP contribution in [0.3, 0.4) is 0 Å². The molecule has 0 saturated heterocycles. The Balaban J connectivity index is 2.41. The van der Waals surface area contributed by atoms with E-state index in [0.29, 0.717) is 5.82 Å². The average Bonchev–Trinajstić information content (AvgIpc) is 2.63. The summed E-state index contributed by atoms with van der Waals surface area (Å²) in [5.74, 6) is -0.0483. The first-order chi connectivity index (χ1) is 7.96. The topological polar surface area (TPSA) is 48.2 Å². The minimum Gasteiger partial charge on any atom is -0.405 e. The number of para-hydroxylation sites is 1. The number of hydrogen-bond acceptors (Lipinski definition) is 4. The minimum absolute atomic E-state index is 0.0117. The van der Waals surface area contributed by atoms with Crippen molar-refractivity contribution in [3.05, 3.63) is 30.1 Å². The van der Waals surface area contributed by atoms with Crippen LogP contribution in [0, 0.1) is 6.92 Å². The van der Waals surface area contributed by atoms with Crippen LogP contribution in [0.25, 0.3) is 11.5 Å². The highest BCUT2D eigenvalue weighted by molar-refractivity contribution is 5.62. The lowest BCUT2D eigenvalue weighted by Gasteiger charge is -2.10. The second-order valence-corrected chi connectivity index (χ2v) is 3.19. The molecule has 4 nitrogen and oxygen atoms in total. The predicted molar refractivity (Wildman–Crippen MR) is 51.2 cm³/mol. The maximum Gasteiger partial charge on any atom is 0.573 e. The molecular formula is C10H7F3N2O2. The molecule has 1 aromatic heterocycles. The third kappa shape index (κ3) is 2.74. The van der Waals surface area contributed by atoms with Gasteiger partial charge in [-0.25, -0.2) is 0 Å². The molecule has 0 atom stereocenters. The molecular weight excluding hydrogens is 237 g/mol. The highest BCUT2D eigenvalue weighted by Crippen LogP contribution is 2.32. The van der Waals surface area contributed by atoms with E-state index in [0.717, 1.165) is 0 Å². The first-order valence-electron chi connectivity index (χ1n) is 4.61. The van der Waals surface area contributed by atoms with Gasteiger partial charge in [0.05, 0.1) is 5.56 Å². The van der Waals surface area contributed by atoms with E-state index in [9.17, 15) is 13.2 Å². The summed E-state index contributed by atoms with van der Waals surface area (Å²) in [5.41, 5.74) is 0.102. The van der Waals surface area contributed by atoms with Crippen molar-refractivity contribution in [1.82, 2.24) is 10.1 Å². The number of rotatable bonds is 2. The lowest BCUT2D eigenvalue weighted by molar-refractivity contribution is -0.274. The van der Waals surface area contributed by atoms with Gasteiger partial charge in [-0.05, 0) is 19.1 Å². The molecule has 2 aromatic rings. The van der Waals surface area contributed by atoms with Crippen molar-refractivity contribution in [3.8, 4) is 17.2 Å². The summed E-state index contributed by atoms with van der Waals surface area (Å²) in [7, 11) is 0. The fourth-order valence-electron chi connectivity index (χ4n) is 1.26. The van der Waals surface area contributed by atoms with E-state index >= 15 is 0 Å². The van der Waals surface area contributed by atoms with E-state index in [1.165, 1.54) is 18.2 Å². The monoisotopic (exact) mass is 244 g/mol. The first kappa shape index (κ1) is 11.4. The van der Waals surface area contributed by atoms with Crippen LogP contribution >= 0.6 is 0 Å². The molecule has 7 heteroatoms. The van der Waals surface area contributed by atoms with Gasteiger partial charge < -0.3 is 9.26 Å². The molecule has 2 rings (SSSR count). The van der Waals surface area contributed by atoms with Gasteiger partial charge in [-0.2, -0.15) is 4.98 Å². The largest absolute Gasteiger partial charge is 0.573 e. The number of nitrogens with zero attached hydrogens (tertiary/aromatic N) is 2. The molecule has 0 N–H and O–H groups in total. The number of ether oxygens (including phenoxy) is 1. The predicted octanol–water partition coefficient (Wildman–Crippen LogP) is 2.94. The number of aromatic nitrogens is 2. The van der Waals surface area contributed by atoms with E-state index in [1.54, 1.807) is 13.0 Å². The fourth-order valence-corrected chi connectivity index (χ4v) is 1.26. The van der Waals surface area contributed by atoms with Crippen LogP contribution < -0.4 is 4.74 Å². The molecule has 90 valence electrons. The van der Waals surface area contributed by atoms with Gasteiger partial charge in [-0.1, -0.05) is 17.3 Å².